The van der Waals surface area contributed by atoms with E-state index in [1.807, 2.05) is 6.07 Å². The van der Waals surface area contributed by atoms with Gasteiger partial charge in [0.15, 0.2) is 5.75 Å². The lowest BCUT2D eigenvalue weighted by Crippen LogP contribution is -1.92. The van der Waals surface area contributed by atoms with Gasteiger partial charge in [0.25, 0.3) is 0 Å². The Labute approximate surface area is 97.9 Å². The Bertz CT molecular complexity index is 573. The Morgan fingerprint density at radius 3 is 2.47 bits per heavy atom. The van der Waals surface area contributed by atoms with Crippen molar-refractivity contribution in [2.75, 3.05) is 5.73 Å². The Kier molecular flexibility index (Phi) is 2.93. The van der Waals surface area contributed by atoms with Gasteiger partial charge in [0, 0.05) is 6.07 Å². The highest BCUT2D eigenvalue weighted by molar-refractivity contribution is 5.54. The van der Waals surface area contributed by atoms with Crippen LogP contribution in [0, 0.1) is 17.1 Å². The van der Waals surface area contributed by atoms with Gasteiger partial charge in [-0.1, -0.05) is 0 Å². The molecule has 0 aromatic heterocycles. The molecule has 0 atom stereocenters. The summed E-state index contributed by atoms with van der Waals surface area (Å²) in [5.41, 5.74) is 6.54. The maximum atomic E-state index is 13.0. The van der Waals surface area contributed by atoms with Crippen molar-refractivity contribution in [2.45, 2.75) is 0 Å². The van der Waals surface area contributed by atoms with Gasteiger partial charge in [-0.25, -0.2) is 4.39 Å². The number of hydrogen-bond acceptors (Lipinski definition) is 3. The first kappa shape index (κ1) is 11.0. The molecule has 0 aliphatic rings. The minimum absolute atomic E-state index is 0.259. The molecular formula is C13H9FN2O. The van der Waals surface area contributed by atoms with E-state index in [2.05, 4.69) is 0 Å². The van der Waals surface area contributed by atoms with Crippen molar-refractivity contribution in [3.05, 3.63) is 53.8 Å². The Morgan fingerprint density at radius 1 is 1.12 bits per heavy atom. The number of ether oxygens (including phenoxy) is 1. The fraction of sp³-hybridized carbons (Fsp3) is 0. The third-order valence-electron chi connectivity index (χ3n) is 2.19. The second-order valence-electron chi connectivity index (χ2n) is 3.42. The molecule has 0 heterocycles. The molecule has 84 valence electrons. The minimum atomic E-state index is -0.414. The smallest absolute Gasteiger partial charge is 0.153 e. The number of nitrogens with zero attached hydrogens (tertiary/aromatic N) is 1. The van der Waals surface area contributed by atoms with Crippen LogP contribution in [0.2, 0.25) is 0 Å². The summed E-state index contributed by atoms with van der Waals surface area (Å²) >= 11 is 0. The van der Waals surface area contributed by atoms with Gasteiger partial charge in [0.05, 0.1) is 17.3 Å². The van der Waals surface area contributed by atoms with Crippen LogP contribution in [-0.4, -0.2) is 0 Å². The average molecular weight is 228 g/mol. The number of nitrogen functional groups attached to an aromatic ring is 1. The molecule has 0 spiro atoms. The number of halogens is 1. The molecule has 2 rings (SSSR count). The van der Waals surface area contributed by atoms with Gasteiger partial charge < -0.3 is 10.5 Å². The maximum absolute atomic E-state index is 13.0. The normalized spacial score (nSPS) is 9.65. The molecule has 0 aliphatic heterocycles. The quantitative estimate of drug-likeness (QED) is 0.803. The molecule has 17 heavy (non-hydrogen) atoms. The average Bonchev–Trinajstić information content (AvgIpc) is 2.35. The summed E-state index contributed by atoms with van der Waals surface area (Å²) in [6.45, 7) is 0. The maximum Gasteiger partial charge on any atom is 0.153 e. The van der Waals surface area contributed by atoms with Crippen molar-refractivity contribution in [1.29, 1.82) is 5.26 Å². The van der Waals surface area contributed by atoms with E-state index < -0.39 is 5.82 Å². The third kappa shape index (κ3) is 2.52. The van der Waals surface area contributed by atoms with Crippen molar-refractivity contribution in [3.8, 4) is 17.6 Å². The molecule has 0 saturated carbocycles. The molecule has 2 aromatic carbocycles. The fourth-order valence-corrected chi connectivity index (χ4v) is 1.32. The van der Waals surface area contributed by atoms with Gasteiger partial charge >= 0.3 is 0 Å². The number of nitrogens with two attached hydrogens (primary N) is 1. The number of rotatable bonds is 2. The highest BCUT2D eigenvalue weighted by Crippen LogP contribution is 2.28. The summed E-state index contributed by atoms with van der Waals surface area (Å²) in [7, 11) is 0. The zero-order valence-corrected chi connectivity index (χ0v) is 8.85. The number of benzene rings is 2. The Hall–Kier alpha value is -2.54. The molecule has 0 saturated heterocycles. The third-order valence-corrected chi connectivity index (χ3v) is 2.19. The summed E-state index contributed by atoms with van der Waals surface area (Å²) in [5.74, 6) is 0.346. The van der Waals surface area contributed by atoms with E-state index in [0.29, 0.717) is 17.0 Å². The first-order valence-electron chi connectivity index (χ1n) is 4.92. The summed E-state index contributed by atoms with van der Waals surface area (Å²) in [6, 6.07) is 12.4. The molecule has 2 N–H and O–H groups in total. The van der Waals surface area contributed by atoms with Crippen LogP contribution in [0.4, 0.5) is 10.1 Å². The van der Waals surface area contributed by atoms with E-state index >= 15 is 0 Å². The monoisotopic (exact) mass is 228 g/mol. The van der Waals surface area contributed by atoms with Gasteiger partial charge in [0.1, 0.15) is 11.6 Å². The summed E-state index contributed by atoms with van der Waals surface area (Å²) in [4.78, 5) is 0. The minimum Gasteiger partial charge on any atom is -0.455 e. The van der Waals surface area contributed by atoms with Crippen LogP contribution in [0.1, 0.15) is 5.56 Å². The van der Waals surface area contributed by atoms with Crippen molar-refractivity contribution in [1.82, 2.24) is 0 Å². The van der Waals surface area contributed by atoms with Crippen molar-refractivity contribution < 1.29 is 9.13 Å². The van der Waals surface area contributed by atoms with E-state index in [9.17, 15) is 4.39 Å². The number of anilines is 1. The van der Waals surface area contributed by atoms with Gasteiger partial charge in [-0.3, -0.25) is 0 Å². The SMILES string of the molecule is N#Cc1ccc(Oc2cc(F)ccc2N)cc1. The molecule has 3 nitrogen and oxygen atoms in total. The van der Waals surface area contributed by atoms with Crippen LogP contribution in [0.5, 0.6) is 11.5 Å². The van der Waals surface area contributed by atoms with E-state index in [4.69, 9.17) is 15.7 Å². The second-order valence-corrected chi connectivity index (χ2v) is 3.42. The topological polar surface area (TPSA) is 59.0 Å². The number of hydrogen-bond donors (Lipinski definition) is 1. The highest BCUT2D eigenvalue weighted by Gasteiger charge is 2.04. The Balaban J connectivity index is 2.25. The standard InChI is InChI=1S/C13H9FN2O/c14-10-3-6-12(16)13(7-10)17-11-4-1-9(8-15)2-5-11/h1-7H,16H2. The summed E-state index contributed by atoms with van der Waals surface area (Å²) in [6.07, 6.45) is 0. The second kappa shape index (κ2) is 4.54. The van der Waals surface area contributed by atoms with Gasteiger partial charge in [-0.15, -0.1) is 0 Å². The van der Waals surface area contributed by atoms with Crippen LogP contribution >= 0.6 is 0 Å². The van der Waals surface area contributed by atoms with Crippen molar-refractivity contribution in [2.24, 2.45) is 0 Å². The lowest BCUT2D eigenvalue weighted by atomic mass is 10.2. The predicted octanol–water partition coefficient (Wildman–Crippen LogP) is 3.07. The van der Waals surface area contributed by atoms with Crippen LogP contribution in [-0.2, 0) is 0 Å². The molecule has 0 fully saturated rings. The van der Waals surface area contributed by atoms with Crippen molar-refractivity contribution >= 4 is 5.69 Å². The van der Waals surface area contributed by atoms with E-state index in [1.165, 1.54) is 18.2 Å². The van der Waals surface area contributed by atoms with Gasteiger partial charge in [-0.05, 0) is 36.4 Å². The molecule has 0 bridgehead atoms. The van der Waals surface area contributed by atoms with Crippen molar-refractivity contribution in [3.63, 3.8) is 0 Å². The highest BCUT2D eigenvalue weighted by atomic mass is 19.1. The molecule has 0 unspecified atom stereocenters. The van der Waals surface area contributed by atoms with Crippen LogP contribution in [0.15, 0.2) is 42.5 Å². The zero-order chi connectivity index (χ0) is 12.3. The first-order valence-corrected chi connectivity index (χ1v) is 4.92. The van der Waals surface area contributed by atoms with E-state index in [0.717, 1.165) is 0 Å². The molecular weight excluding hydrogens is 219 g/mol. The lowest BCUT2D eigenvalue weighted by molar-refractivity contribution is 0.479. The van der Waals surface area contributed by atoms with Crippen LogP contribution in [0.25, 0.3) is 0 Å². The summed E-state index contributed by atoms with van der Waals surface area (Å²) in [5, 5.41) is 8.64. The first-order chi connectivity index (χ1) is 8.19. The molecule has 0 radical (unpaired) electrons. The van der Waals surface area contributed by atoms with Crippen LogP contribution < -0.4 is 10.5 Å². The zero-order valence-electron chi connectivity index (χ0n) is 8.85. The lowest BCUT2D eigenvalue weighted by Gasteiger charge is -2.08. The van der Waals surface area contributed by atoms with Gasteiger partial charge in [0.2, 0.25) is 0 Å². The largest absolute Gasteiger partial charge is 0.455 e. The Morgan fingerprint density at radius 2 is 1.82 bits per heavy atom. The van der Waals surface area contributed by atoms with Gasteiger partial charge in [-0.2, -0.15) is 5.26 Å². The molecule has 0 aliphatic carbocycles. The fourth-order valence-electron chi connectivity index (χ4n) is 1.32. The molecule has 4 heteroatoms. The van der Waals surface area contributed by atoms with E-state index in [-0.39, 0.29) is 5.75 Å². The predicted molar refractivity (Wildman–Crippen MR) is 62.0 cm³/mol. The van der Waals surface area contributed by atoms with Crippen LogP contribution in [0.3, 0.4) is 0 Å². The molecule has 2 aromatic rings. The molecule has 0 amide bonds. The number of nitriles is 1. The van der Waals surface area contributed by atoms with E-state index in [1.54, 1.807) is 24.3 Å². The summed E-state index contributed by atoms with van der Waals surface area (Å²) < 4.78 is 18.4.